The van der Waals surface area contributed by atoms with Crippen molar-refractivity contribution in [3.8, 4) is 0 Å². The third-order valence-corrected chi connectivity index (χ3v) is 1.25. The Balaban J connectivity index is 3.58. The van der Waals surface area contributed by atoms with Crippen molar-refractivity contribution in [2.75, 3.05) is 7.05 Å². The normalized spacial score (nSPS) is 13.2. The third kappa shape index (κ3) is 6.84. The van der Waals surface area contributed by atoms with E-state index >= 15 is 0 Å². The number of nitrogens with one attached hydrogen (secondary N) is 1. The van der Waals surface area contributed by atoms with Crippen molar-refractivity contribution in [1.82, 2.24) is 5.32 Å². The first-order valence-corrected chi connectivity index (χ1v) is 3.78. The van der Waals surface area contributed by atoms with E-state index in [0.29, 0.717) is 0 Å². The van der Waals surface area contributed by atoms with E-state index in [4.69, 9.17) is 0 Å². The zero-order valence-corrected chi connectivity index (χ0v) is 7.46. The first kappa shape index (κ1) is 9.95. The van der Waals surface area contributed by atoms with Gasteiger partial charge in [-0.2, -0.15) is 0 Å². The van der Waals surface area contributed by atoms with Crippen LogP contribution in [0.15, 0.2) is 29.0 Å². The van der Waals surface area contributed by atoms with Gasteiger partial charge < -0.3 is 5.32 Å². The molecular weight excluding hydrogens is 136 g/mol. The van der Waals surface area contributed by atoms with E-state index in [1.165, 1.54) is 0 Å². The molecule has 0 heterocycles. The van der Waals surface area contributed by atoms with Gasteiger partial charge in [0.1, 0.15) is 0 Å². The summed E-state index contributed by atoms with van der Waals surface area (Å²) in [5.41, 5.74) is 1.07. The van der Waals surface area contributed by atoms with Crippen LogP contribution in [-0.2, 0) is 0 Å². The SMILES string of the molecule is CC=CC/C=N\C=C(/C)NC. The molecule has 0 radical (unpaired) electrons. The van der Waals surface area contributed by atoms with Gasteiger partial charge in [-0.25, -0.2) is 0 Å². The van der Waals surface area contributed by atoms with Crippen molar-refractivity contribution in [2.24, 2.45) is 4.99 Å². The molecule has 0 rings (SSSR count). The lowest BCUT2D eigenvalue weighted by Crippen LogP contribution is -2.00. The van der Waals surface area contributed by atoms with Crippen molar-refractivity contribution < 1.29 is 0 Å². The van der Waals surface area contributed by atoms with Gasteiger partial charge in [-0.3, -0.25) is 4.99 Å². The summed E-state index contributed by atoms with van der Waals surface area (Å²) in [5.74, 6) is 0. The lowest BCUT2D eigenvalue weighted by Gasteiger charge is -1.92. The number of aliphatic imine (C=N–C) groups is 1. The molecule has 0 amide bonds. The maximum atomic E-state index is 4.08. The van der Waals surface area contributed by atoms with E-state index in [1.807, 2.05) is 39.4 Å². The Hall–Kier alpha value is -1.05. The van der Waals surface area contributed by atoms with Crippen LogP contribution in [0.5, 0.6) is 0 Å². The summed E-state index contributed by atoms with van der Waals surface area (Å²) in [7, 11) is 1.88. The number of hydrogen-bond donors (Lipinski definition) is 1. The predicted octanol–water partition coefficient (Wildman–Crippen LogP) is 2.10. The Morgan fingerprint density at radius 1 is 1.55 bits per heavy atom. The maximum absolute atomic E-state index is 4.08. The van der Waals surface area contributed by atoms with E-state index in [0.717, 1.165) is 12.1 Å². The molecule has 0 spiro atoms. The molecule has 0 bridgehead atoms. The molecule has 0 aliphatic carbocycles. The molecule has 0 aliphatic heterocycles. The molecule has 62 valence electrons. The maximum Gasteiger partial charge on any atom is 0.0450 e. The van der Waals surface area contributed by atoms with Crippen molar-refractivity contribution in [1.29, 1.82) is 0 Å². The molecule has 0 aromatic heterocycles. The largest absolute Gasteiger partial charge is 0.390 e. The van der Waals surface area contributed by atoms with Gasteiger partial charge in [-0.1, -0.05) is 12.2 Å². The molecule has 0 aromatic rings. The Morgan fingerprint density at radius 2 is 2.27 bits per heavy atom. The van der Waals surface area contributed by atoms with Gasteiger partial charge >= 0.3 is 0 Å². The molecule has 2 nitrogen and oxygen atoms in total. The van der Waals surface area contributed by atoms with E-state index in [1.54, 1.807) is 0 Å². The van der Waals surface area contributed by atoms with Gasteiger partial charge in [0, 0.05) is 31.6 Å². The highest BCUT2D eigenvalue weighted by Crippen LogP contribution is 1.85. The van der Waals surface area contributed by atoms with Gasteiger partial charge in [-0.05, 0) is 13.8 Å². The summed E-state index contributed by atoms with van der Waals surface area (Å²) in [6, 6.07) is 0. The van der Waals surface area contributed by atoms with E-state index in [-0.39, 0.29) is 0 Å². The smallest absolute Gasteiger partial charge is 0.0450 e. The van der Waals surface area contributed by atoms with Gasteiger partial charge in [-0.15, -0.1) is 0 Å². The monoisotopic (exact) mass is 152 g/mol. The van der Waals surface area contributed by atoms with Gasteiger partial charge in [0.25, 0.3) is 0 Å². The van der Waals surface area contributed by atoms with Crippen molar-refractivity contribution in [3.05, 3.63) is 24.0 Å². The molecule has 11 heavy (non-hydrogen) atoms. The topological polar surface area (TPSA) is 24.4 Å². The van der Waals surface area contributed by atoms with E-state index < -0.39 is 0 Å². The highest BCUT2D eigenvalue weighted by molar-refractivity contribution is 5.60. The average molecular weight is 152 g/mol. The highest BCUT2D eigenvalue weighted by Gasteiger charge is 1.75. The second-order valence-electron chi connectivity index (χ2n) is 2.20. The summed E-state index contributed by atoms with van der Waals surface area (Å²) in [6.45, 7) is 3.98. The first-order chi connectivity index (χ1) is 5.31. The highest BCUT2D eigenvalue weighted by atomic mass is 14.8. The Kier molecular flexibility index (Phi) is 6.39. The van der Waals surface area contributed by atoms with Crippen LogP contribution in [0.4, 0.5) is 0 Å². The van der Waals surface area contributed by atoms with Crippen LogP contribution in [0.1, 0.15) is 20.3 Å². The van der Waals surface area contributed by atoms with E-state index in [9.17, 15) is 0 Å². The molecule has 0 aromatic carbocycles. The number of nitrogens with zero attached hydrogens (tertiary/aromatic N) is 1. The minimum atomic E-state index is 0.907. The van der Waals surface area contributed by atoms with Gasteiger partial charge in [0.05, 0.1) is 0 Å². The Labute approximate surface area is 68.7 Å². The third-order valence-electron chi connectivity index (χ3n) is 1.25. The minimum absolute atomic E-state index is 0.907. The summed E-state index contributed by atoms with van der Waals surface area (Å²) in [5, 5.41) is 2.99. The molecule has 0 fully saturated rings. The van der Waals surface area contributed by atoms with Crippen LogP contribution in [0.2, 0.25) is 0 Å². The fourth-order valence-corrected chi connectivity index (χ4v) is 0.487. The van der Waals surface area contributed by atoms with Crippen molar-refractivity contribution in [2.45, 2.75) is 20.3 Å². The zero-order valence-electron chi connectivity index (χ0n) is 7.46. The first-order valence-electron chi connectivity index (χ1n) is 3.78. The summed E-state index contributed by atoms with van der Waals surface area (Å²) < 4.78 is 0. The molecule has 0 unspecified atom stereocenters. The molecule has 0 saturated carbocycles. The van der Waals surface area contributed by atoms with Crippen LogP contribution >= 0.6 is 0 Å². The zero-order chi connectivity index (χ0) is 8.53. The average Bonchev–Trinajstić information content (AvgIpc) is 2.04. The molecule has 1 N–H and O–H groups in total. The van der Waals surface area contributed by atoms with Crippen molar-refractivity contribution in [3.63, 3.8) is 0 Å². The fourth-order valence-electron chi connectivity index (χ4n) is 0.487. The minimum Gasteiger partial charge on any atom is -0.390 e. The lowest BCUT2D eigenvalue weighted by molar-refractivity contribution is 0.981. The van der Waals surface area contributed by atoms with E-state index in [2.05, 4.69) is 16.4 Å². The van der Waals surface area contributed by atoms with Crippen LogP contribution in [0, 0.1) is 0 Å². The lowest BCUT2D eigenvalue weighted by atomic mass is 10.4. The molecule has 0 aliphatic rings. The summed E-state index contributed by atoms with van der Waals surface area (Å²) in [4.78, 5) is 4.08. The molecule has 2 heteroatoms. The Bertz CT molecular complexity index is 166. The summed E-state index contributed by atoms with van der Waals surface area (Å²) in [6.07, 6.45) is 8.67. The molecular formula is C9H16N2. The van der Waals surface area contributed by atoms with Gasteiger partial charge in [0.15, 0.2) is 0 Å². The summed E-state index contributed by atoms with van der Waals surface area (Å²) >= 11 is 0. The second-order valence-corrected chi connectivity index (χ2v) is 2.20. The number of rotatable bonds is 4. The van der Waals surface area contributed by atoms with Crippen LogP contribution in [0.3, 0.4) is 0 Å². The second kappa shape index (κ2) is 7.06. The van der Waals surface area contributed by atoms with Crippen molar-refractivity contribution >= 4 is 6.21 Å². The van der Waals surface area contributed by atoms with Gasteiger partial charge in [0.2, 0.25) is 0 Å². The van der Waals surface area contributed by atoms with Crippen LogP contribution in [0.25, 0.3) is 0 Å². The quantitative estimate of drug-likeness (QED) is 0.484. The number of allylic oxidation sites excluding steroid dienone is 3. The number of hydrogen-bond acceptors (Lipinski definition) is 2. The van der Waals surface area contributed by atoms with Crippen LogP contribution < -0.4 is 5.32 Å². The standard InChI is InChI=1S/C9H16N2/c1-4-5-6-7-11-8-9(2)10-3/h4-5,7-8,10H,6H2,1-3H3/b5-4?,9-8+,11-7-. The van der Waals surface area contributed by atoms with Crippen LogP contribution in [-0.4, -0.2) is 13.3 Å². The predicted molar refractivity (Wildman–Crippen MR) is 50.7 cm³/mol. The molecule has 0 saturated heterocycles. The molecule has 0 atom stereocenters. The Morgan fingerprint density at radius 3 is 2.82 bits per heavy atom. The fraction of sp³-hybridized carbons (Fsp3) is 0.444.